The zero-order valence-electron chi connectivity index (χ0n) is 10.5. The standard InChI is InChI=1S/C13H10BrFN2O2S2/c14-9-5-3-6-10(15)12(9)17-21(18,19)11-7-2-1-4-8(11)13(16)20/h1-7,17H,(H2,16,20). The van der Waals surface area contributed by atoms with Crippen LogP contribution in [0.2, 0.25) is 0 Å². The Morgan fingerprint density at radius 2 is 1.86 bits per heavy atom. The van der Waals surface area contributed by atoms with Crippen molar-refractivity contribution in [3.8, 4) is 0 Å². The number of hydrogen-bond acceptors (Lipinski definition) is 3. The maximum Gasteiger partial charge on any atom is 0.262 e. The number of anilines is 1. The number of benzene rings is 2. The number of hydrogen-bond donors (Lipinski definition) is 2. The molecular weight excluding hydrogens is 379 g/mol. The fourth-order valence-electron chi connectivity index (χ4n) is 1.69. The zero-order valence-corrected chi connectivity index (χ0v) is 13.7. The third-order valence-corrected chi connectivity index (χ3v) is 4.93. The van der Waals surface area contributed by atoms with Crippen LogP contribution in [0, 0.1) is 5.82 Å². The largest absolute Gasteiger partial charge is 0.389 e. The SMILES string of the molecule is NC(=S)c1ccccc1S(=O)(=O)Nc1c(F)cccc1Br. The van der Waals surface area contributed by atoms with Gasteiger partial charge < -0.3 is 5.73 Å². The van der Waals surface area contributed by atoms with Crippen LogP contribution in [-0.2, 0) is 10.0 Å². The Bertz CT molecular complexity index is 789. The number of nitrogens with one attached hydrogen (secondary N) is 1. The molecule has 0 amide bonds. The van der Waals surface area contributed by atoms with Crippen LogP contribution >= 0.6 is 28.1 Å². The first-order chi connectivity index (χ1) is 9.83. The van der Waals surface area contributed by atoms with Gasteiger partial charge in [-0.2, -0.15) is 0 Å². The summed E-state index contributed by atoms with van der Waals surface area (Å²) in [5.74, 6) is -0.694. The summed E-state index contributed by atoms with van der Waals surface area (Å²) in [6.07, 6.45) is 0. The number of thiocarbonyl (C=S) groups is 1. The molecule has 2 aromatic rings. The molecule has 3 N–H and O–H groups in total. The van der Waals surface area contributed by atoms with Crippen molar-refractivity contribution < 1.29 is 12.8 Å². The molecule has 0 heterocycles. The van der Waals surface area contributed by atoms with E-state index in [1.807, 2.05) is 0 Å². The second-order valence-corrected chi connectivity index (χ2v) is 7.01. The molecule has 0 saturated heterocycles. The molecule has 0 aliphatic rings. The molecule has 8 heteroatoms. The van der Waals surface area contributed by atoms with Crippen LogP contribution in [-0.4, -0.2) is 13.4 Å². The second kappa shape index (κ2) is 6.08. The van der Waals surface area contributed by atoms with Crippen LogP contribution in [0.1, 0.15) is 5.56 Å². The summed E-state index contributed by atoms with van der Waals surface area (Å²) < 4.78 is 41.1. The Morgan fingerprint density at radius 3 is 2.48 bits per heavy atom. The Morgan fingerprint density at radius 1 is 1.19 bits per heavy atom. The Kier molecular flexibility index (Phi) is 4.60. The van der Waals surface area contributed by atoms with Gasteiger partial charge in [0.05, 0.1) is 10.6 Å². The van der Waals surface area contributed by atoms with Crippen molar-refractivity contribution in [1.82, 2.24) is 0 Å². The Hall–Kier alpha value is -1.51. The van der Waals surface area contributed by atoms with Gasteiger partial charge in [-0.25, -0.2) is 12.8 Å². The van der Waals surface area contributed by atoms with E-state index in [9.17, 15) is 12.8 Å². The Balaban J connectivity index is 2.52. The molecule has 110 valence electrons. The molecule has 0 aromatic heterocycles. The third kappa shape index (κ3) is 3.39. The highest BCUT2D eigenvalue weighted by atomic mass is 79.9. The van der Waals surface area contributed by atoms with Crippen LogP contribution in [0.25, 0.3) is 0 Å². The highest BCUT2D eigenvalue weighted by molar-refractivity contribution is 9.10. The highest BCUT2D eigenvalue weighted by Gasteiger charge is 2.21. The van der Waals surface area contributed by atoms with E-state index in [4.69, 9.17) is 18.0 Å². The van der Waals surface area contributed by atoms with E-state index in [1.54, 1.807) is 6.07 Å². The summed E-state index contributed by atoms with van der Waals surface area (Å²) in [5.41, 5.74) is 5.55. The van der Waals surface area contributed by atoms with Gasteiger partial charge in [0, 0.05) is 10.0 Å². The van der Waals surface area contributed by atoms with Crippen LogP contribution in [0.3, 0.4) is 0 Å². The number of nitrogens with two attached hydrogens (primary N) is 1. The van der Waals surface area contributed by atoms with Crippen LogP contribution in [0.15, 0.2) is 51.8 Å². The number of rotatable bonds is 4. The molecule has 0 unspecified atom stereocenters. The highest BCUT2D eigenvalue weighted by Crippen LogP contribution is 2.28. The first-order valence-electron chi connectivity index (χ1n) is 5.68. The molecule has 0 radical (unpaired) electrons. The summed E-state index contributed by atoms with van der Waals surface area (Å²) in [6.45, 7) is 0. The van der Waals surface area contributed by atoms with Crippen molar-refractivity contribution in [3.63, 3.8) is 0 Å². The predicted molar refractivity (Wildman–Crippen MR) is 87.2 cm³/mol. The molecule has 2 aromatic carbocycles. The molecule has 0 aliphatic carbocycles. The first kappa shape index (κ1) is 15.9. The van der Waals surface area contributed by atoms with E-state index < -0.39 is 15.8 Å². The van der Waals surface area contributed by atoms with Crippen molar-refractivity contribution in [2.45, 2.75) is 4.90 Å². The van der Waals surface area contributed by atoms with Crippen LogP contribution < -0.4 is 10.5 Å². The van der Waals surface area contributed by atoms with Gasteiger partial charge in [-0.1, -0.05) is 36.5 Å². The smallest absolute Gasteiger partial charge is 0.262 e. The molecule has 2 rings (SSSR count). The lowest BCUT2D eigenvalue weighted by Crippen LogP contribution is -2.20. The molecule has 0 fully saturated rings. The quantitative estimate of drug-likeness (QED) is 0.789. The number of sulfonamides is 1. The lowest BCUT2D eigenvalue weighted by Gasteiger charge is -2.13. The van der Waals surface area contributed by atoms with Crippen molar-refractivity contribution in [2.24, 2.45) is 5.73 Å². The maximum absolute atomic E-state index is 13.7. The van der Waals surface area contributed by atoms with Crippen LogP contribution in [0.4, 0.5) is 10.1 Å². The first-order valence-corrected chi connectivity index (χ1v) is 8.37. The fourth-order valence-corrected chi connectivity index (χ4v) is 3.82. The molecular formula is C13H10BrFN2O2S2. The average molecular weight is 389 g/mol. The van der Waals surface area contributed by atoms with Gasteiger partial charge in [0.2, 0.25) is 0 Å². The Labute approximate surface area is 135 Å². The zero-order chi connectivity index (χ0) is 15.6. The third-order valence-electron chi connectivity index (χ3n) is 2.64. The lowest BCUT2D eigenvalue weighted by atomic mass is 10.2. The molecule has 21 heavy (non-hydrogen) atoms. The molecule has 0 saturated carbocycles. The van der Waals surface area contributed by atoms with Crippen molar-refractivity contribution in [3.05, 3.63) is 58.3 Å². The summed E-state index contributed by atoms with van der Waals surface area (Å²) >= 11 is 7.94. The van der Waals surface area contributed by atoms with E-state index in [1.165, 1.54) is 30.3 Å². The van der Waals surface area contributed by atoms with Crippen molar-refractivity contribution in [1.29, 1.82) is 0 Å². The van der Waals surface area contributed by atoms with E-state index >= 15 is 0 Å². The van der Waals surface area contributed by atoms with Gasteiger partial charge in [-0.3, -0.25) is 4.72 Å². The molecule has 0 bridgehead atoms. The minimum absolute atomic E-state index is 0.0522. The number of para-hydroxylation sites is 1. The van der Waals surface area contributed by atoms with Crippen molar-refractivity contribution in [2.75, 3.05) is 4.72 Å². The fraction of sp³-hybridized carbons (Fsp3) is 0. The average Bonchev–Trinajstić information content (AvgIpc) is 2.43. The van der Waals surface area contributed by atoms with Gasteiger partial charge in [0.1, 0.15) is 10.8 Å². The second-order valence-electron chi connectivity index (χ2n) is 4.06. The van der Waals surface area contributed by atoms with E-state index in [2.05, 4.69) is 20.7 Å². The monoisotopic (exact) mass is 388 g/mol. The predicted octanol–water partition coefficient (Wildman–Crippen LogP) is 3.02. The molecule has 4 nitrogen and oxygen atoms in total. The summed E-state index contributed by atoms with van der Waals surface area (Å²) in [5, 5.41) is 0. The summed E-state index contributed by atoms with van der Waals surface area (Å²) in [7, 11) is -4.02. The minimum Gasteiger partial charge on any atom is -0.389 e. The van der Waals surface area contributed by atoms with Gasteiger partial charge in [0.15, 0.2) is 0 Å². The van der Waals surface area contributed by atoms with Crippen molar-refractivity contribution >= 4 is 48.8 Å². The van der Waals surface area contributed by atoms with E-state index in [0.29, 0.717) is 4.47 Å². The van der Waals surface area contributed by atoms with Crippen LogP contribution in [0.5, 0.6) is 0 Å². The lowest BCUT2D eigenvalue weighted by molar-refractivity contribution is 0.598. The van der Waals surface area contributed by atoms with Gasteiger partial charge >= 0.3 is 0 Å². The van der Waals surface area contributed by atoms with E-state index in [0.717, 1.165) is 6.07 Å². The summed E-state index contributed by atoms with van der Waals surface area (Å²) in [4.78, 5) is -0.156. The molecule has 0 atom stereocenters. The van der Waals surface area contributed by atoms with Gasteiger partial charge in [-0.15, -0.1) is 0 Å². The minimum atomic E-state index is -4.02. The number of halogens is 2. The van der Waals surface area contributed by atoms with E-state index in [-0.39, 0.29) is 21.1 Å². The van der Waals surface area contributed by atoms with Gasteiger partial charge in [-0.05, 0) is 34.1 Å². The molecule has 0 aliphatic heterocycles. The molecule has 0 spiro atoms. The summed E-state index contributed by atoms with van der Waals surface area (Å²) in [6, 6.07) is 10.1. The topological polar surface area (TPSA) is 72.2 Å². The maximum atomic E-state index is 13.7. The normalized spacial score (nSPS) is 11.1. The van der Waals surface area contributed by atoms with Gasteiger partial charge in [0.25, 0.3) is 10.0 Å².